The van der Waals surface area contributed by atoms with Crippen molar-refractivity contribution in [2.75, 3.05) is 32.8 Å². The number of amides is 1. The summed E-state index contributed by atoms with van der Waals surface area (Å²) in [5.74, 6) is -0.00694. The summed E-state index contributed by atoms with van der Waals surface area (Å²) in [6.45, 7) is 7.57. The second-order valence-electron chi connectivity index (χ2n) is 7.51. The first-order valence-electron chi connectivity index (χ1n) is 10.2. The lowest BCUT2D eigenvalue weighted by Gasteiger charge is -2.38. The second-order valence-corrected chi connectivity index (χ2v) is 7.95. The monoisotopic (exact) mass is 415 g/mol. The van der Waals surface area contributed by atoms with E-state index in [9.17, 15) is 4.79 Å². The number of carbonyl (C=O) groups is 1. The summed E-state index contributed by atoms with van der Waals surface area (Å²) in [5, 5.41) is 7.19. The molecule has 6 heteroatoms. The summed E-state index contributed by atoms with van der Waals surface area (Å²) in [6, 6.07) is 18.2. The predicted octanol–water partition coefficient (Wildman–Crippen LogP) is 3.57. The van der Waals surface area contributed by atoms with E-state index in [2.05, 4.69) is 34.6 Å². The number of halogens is 1. The molecule has 0 unspecified atom stereocenters. The van der Waals surface area contributed by atoms with Gasteiger partial charge in [-0.25, -0.2) is 0 Å². The van der Waals surface area contributed by atoms with Crippen LogP contribution < -0.4 is 10.6 Å². The summed E-state index contributed by atoms with van der Waals surface area (Å²) in [7, 11) is 0. The van der Waals surface area contributed by atoms with E-state index in [4.69, 9.17) is 16.3 Å². The maximum absolute atomic E-state index is 12.6. The Morgan fingerprint density at radius 1 is 1.03 bits per heavy atom. The van der Waals surface area contributed by atoms with Crippen LogP contribution >= 0.6 is 11.6 Å². The number of benzene rings is 2. The minimum atomic E-state index is -0.0179. The molecule has 0 saturated carbocycles. The molecule has 1 saturated heterocycles. The molecule has 2 aromatic rings. The van der Waals surface area contributed by atoms with Crippen molar-refractivity contribution in [3.05, 3.63) is 70.7 Å². The Balaban J connectivity index is 1.58. The van der Waals surface area contributed by atoms with Gasteiger partial charge in [0, 0.05) is 30.2 Å². The highest BCUT2D eigenvalue weighted by Gasteiger charge is 2.28. The van der Waals surface area contributed by atoms with Crippen LogP contribution in [0.15, 0.2) is 54.6 Å². The molecule has 29 heavy (non-hydrogen) atoms. The lowest BCUT2D eigenvalue weighted by Crippen LogP contribution is -2.49. The quantitative estimate of drug-likeness (QED) is 0.692. The number of hydrogen-bond donors (Lipinski definition) is 2. The smallest absolute Gasteiger partial charge is 0.234 e. The largest absolute Gasteiger partial charge is 0.379 e. The van der Waals surface area contributed by atoms with Crippen LogP contribution in [-0.4, -0.2) is 49.7 Å². The minimum absolute atomic E-state index is 0.00694. The Morgan fingerprint density at radius 3 is 2.34 bits per heavy atom. The van der Waals surface area contributed by atoms with Crippen molar-refractivity contribution in [3.63, 3.8) is 0 Å². The second kappa shape index (κ2) is 10.7. The van der Waals surface area contributed by atoms with Crippen molar-refractivity contribution in [3.8, 4) is 0 Å². The molecule has 156 valence electrons. The van der Waals surface area contributed by atoms with Gasteiger partial charge in [0.1, 0.15) is 0 Å². The molecule has 1 aliphatic rings. The molecule has 5 nitrogen and oxygen atoms in total. The van der Waals surface area contributed by atoms with Gasteiger partial charge in [-0.3, -0.25) is 9.69 Å². The number of rotatable bonds is 8. The van der Waals surface area contributed by atoms with Gasteiger partial charge < -0.3 is 15.4 Å². The first-order chi connectivity index (χ1) is 14.0. The number of nitrogens with one attached hydrogen (secondary N) is 2. The average Bonchev–Trinajstić information content (AvgIpc) is 2.74. The van der Waals surface area contributed by atoms with Crippen LogP contribution in [0.25, 0.3) is 0 Å². The minimum Gasteiger partial charge on any atom is -0.379 e. The van der Waals surface area contributed by atoms with Crippen molar-refractivity contribution < 1.29 is 9.53 Å². The van der Waals surface area contributed by atoms with E-state index in [1.807, 2.05) is 49.4 Å². The fraction of sp³-hybridized carbons (Fsp3) is 0.435. The Kier molecular flexibility index (Phi) is 8.07. The molecule has 1 fully saturated rings. The summed E-state index contributed by atoms with van der Waals surface area (Å²) in [5.41, 5.74) is 2.32. The number of carbonyl (C=O) groups excluding carboxylic acids is 1. The van der Waals surface area contributed by atoms with Gasteiger partial charge in [0.25, 0.3) is 0 Å². The summed E-state index contributed by atoms with van der Waals surface area (Å²) in [6.07, 6.45) is 0. The van der Waals surface area contributed by atoms with Crippen LogP contribution in [0.3, 0.4) is 0 Å². The van der Waals surface area contributed by atoms with Gasteiger partial charge in [0.2, 0.25) is 5.91 Å². The van der Waals surface area contributed by atoms with Crippen molar-refractivity contribution in [2.24, 2.45) is 0 Å². The molecule has 1 amide bonds. The molecule has 2 N–H and O–H groups in total. The molecule has 0 aliphatic carbocycles. The summed E-state index contributed by atoms with van der Waals surface area (Å²) < 4.78 is 5.51. The van der Waals surface area contributed by atoms with Crippen molar-refractivity contribution >= 4 is 17.5 Å². The third kappa shape index (κ3) is 6.28. The van der Waals surface area contributed by atoms with E-state index in [1.165, 1.54) is 5.56 Å². The van der Waals surface area contributed by atoms with E-state index in [0.717, 1.165) is 31.9 Å². The van der Waals surface area contributed by atoms with E-state index < -0.39 is 0 Å². The van der Waals surface area contributed by atoms with Gasteiger partial charge in [-0.2, -0.15) is 0 Å². The lowest BCUT2D eigenvalue weighted by molar-refractivity contribution is -0.121. The molecule has 3 rings (SSSR count). The van der Waals surface area contributed by atoms with Crippen LogP contribution in [0.4, 0.5) is 0 Å². The number of ether oxygens (including phenoxy) is 1. The van der Waals surface area contributed by atoms with Crippen LogP contribution in [0.2, 0.25) is 5.02 Å². The maximum atomic E-state index is 12.6. The molecular weight excluding hydrogens is 386 g/mol. The van der Waals surface area contributed by atoms with Crippen molar-refractivity contribution in [2.45, 2.75) is 32.0 Å². The molecule has 2 aromatic carbocycles. The molecular formula is C23H30ClN3O2. The Hall–Kier alpha value is -1.92. The fourth-order valence-corrected chi connectivity index (χ4v) is 3.95. The Bertz CT molecular complexity index is 763. The highest BCUT2D eigenvalue weighted by Crippen LogP contribution is 2.25. The zero-order chi connectivity index (χ0) is 20.6. The van der Waals surface area contributed by atoms with Crippen LogP contribution in [0, 0.1) is 0 Å². The Labute approximate surface area is 178 Å². The molecule has 0 spiro atoms. The third-order valence-corrected chi connectivity index (χ3v) is 5.63. The molecule has 0 radical (unpaired) electrons. The zero-order valence-corrected chi connectivity index (χ0v) is 17.9. The molecule has 3 atom stereocenters. The highest BCUT2D eigenvalue weighted by molar-refractivity contribution is 6.30. The lowest BCUT2D eigenvalue weighted by atomic mass is 9.98. The predicted molar refractivity (Wildman–Crippen MR) is 117 cm³/mol. The van der Waals surface area contributed by atoms with E-state index in [1.54, 1.807) is 0 Å². The number of nitrogens with zero attached hydrogens (tertiary/aromatic N) is 1. The maximum Gasteiger partial charge on any atom is 0.234 e. The average molecular weight is 416 g/mol. The normalized spacial score (nSPS) is 18.0. The molecule has 0 bridgehead atoms. The Morgan fingerprint density at radius 2 is 1.69 bits per heavy atom. The van der Waals surface area contributed by atoms with Crippen molar-refractivity contribution in [1.82, 2.24) is 15.5 Å². The van der Waals surface area contributed by atoms with E-state index >= 15 is 0 Å². The van der Waals surface area contributed by atoms with Crippen LogP contribution in [-0.2, 0) is 9.53 Å². The molecule has 0 aromatic heterocycles. The van der Waals surface area contributed by atoms with Gasteiger partial charge in [0.15, 0.2) is 0 Å². The van der Waals surface area contributed by atoms with Gasteiger partial charge >= 0.3 is 0 Å². The van der Waals surface area contributed by atoms with Crippen LogP contribution in [0.1, 0.15) is 37.1 Å². The third-order valence-electron chi connectivity index (χ3n) is 5.38. The van der Waals surface area contributed by atoms with Gasteiger partial charge in [-0.15, -0.1) is 0 Å². The van der Waals surface area contributed by atoms with Crippen LogP contribution in [0.5, 0.6) is 0 Å². The zero-order valence-electron chi connectivity index (χ0n) is 17.1. The summed E-state index contributed by atoms with van der Waals surface area (Å²) in [4.78, 5) is 15.0. The number of morpholine rings is 1. The SMILES string of the molecule is C[C@@H](NCC(=O)N[C@H](C)[C@@H](c1ccccc1)N1CCOCC1)c1ccc(Cl)cc1. The summed E-state index contributed by atoms with van der Waals surface area (Å²) >= 11 is 5.95. The van der Waals surface area contributed by atoms with Gasteiger partial charge in [0.05, 0.1) is 25.8 Å². The molecule has 1 aliphatic heterocycles. The van der Waals surface area contributed by atoms with Gasteiger partial charge in [-0.05, 0) is 37.1 Å². The first-order valence-corrected chi connectivity index (χ1v) is 10.6. The standard InChI is InChI=1S/C23H30ClN3O2/c1-17(19-8-10-21(24)11-9-19)25-16-22(28)26-18(2)23(20-6-4-3-5-7-20)27-12-14-29-15-13-27/h3-11,17-18,23,25H,12-16H2,1-2H3,(H,26,28)/t17-,18-,23+/m1/s1. The van der Waals surface area contributed by atoms with Crippen molar-refractivity contribution in [1.29, 1.82) is 0 Å². The molecule has 1 heterocycles. The van der Waals surface area contributed by atoms with E-state index in [-0.39, 0.29) is 30.6 Å². The number of hydrogen-bond acceptors (Lipinski definition) is 4. The topological polar surface area (TPSA) is 53.6 Å². The fourth-order valence-electron chi connectivity index (χ4n) is 3.82. The highest BCUT2D eigenvalue weighted by atomic mass is 35.5. The van der Waals surface area contributed by atoms with Gasteiger partial charge in [-0.1, -0.05) is 54.1 Å². The van der Waals surface area contributed by atoms with E-state index in [0.29, 0.717) is 5.02 Å². The first kappa shape index (κ1) is 21.8.